The molecule has 8 heteroatoms. The molecule has 0 aliphatic heterocycles. The fraction of sp³-hybridized carbons (Fsp3) is 0.500. The molecule has 0 atom stereocenters. The van der Waals surface area contributed by atoms with Crippen LogP contribution < -0.4 is 11.1 Å². The van der Waals surface area contributed by atoms with Crippen molar-refractivity contribution in [3.8, 4) is 0 Å². The van der Waals surface area contributed by atoms with Crippen molar-refractivity contribution in [2.75, 3.05) is 17.8 Å². The first-order valence-corrected chi connectivity index (χ1v) is 7.16. The molecule has 0 aliphatic carbocycles. The smallest absolute Gasteiger partial charge is 0.342 e. The first-order valence-electron chi connectivity index (χ1n) is 6.63. The Balaban J connectivity index is 3.28. The summed E-state index contributed by atoms with van der Waals surface area (Å²) in [7, 11) is 0. The molecular formula is C14H19ClN2O5. The van der Waals surface area contributed by atoms with Gasteiger partial charge in [-0.05, 0) is 27.7 Å². The zero-order valence-corrected chi connectivity index (χ0v) is 13.7. The van der Waals surface area contributed by atoms with E-state index < -0.39 is 23.2 Å². The van der Waals surface area contributed by atoms with E-state index in [2.05, 4.69) is 5.32 Å². The number of ether oxygens (including phenoxy) is 1. The van der Waals surface area contributed by atoms with E-state index in [-0.39, 0.29) is 35.3 Å². The van der Waals surface area contributed by atoms with Crippen LogP contribution in [0, 0.1) is 12.3 Å². The molecule has 0 saturated carbocycles. The molecule has 1 aromatic heterocycles. The van der Waals surface area contributed by atoms with E-state index in [9.17, 15) is 14.4 Å². The third-order valence-corrected chi connectivity index (χ3v) is 3.65. The van der Waals surface area contributed by atoms with Gasteiger partial charge in [0.2, 0.25) is 11.8 Å². The normalized spacial score (nSPS) is 11.1. The summed E-state index contributed by atoms with van der Waals surface area (Å²) < 4.78 is 10.2. The van der Waals surface area contributed by atoms with Crippen molar-refractivity contribution in [2.45, 2.75) is 27.7 Å². The molecule has 0 aromatic carbocycles. The van der Waals surface area contributed by atoms with Crippen LogP contribution >= 0.6 is 11.6 Å². The van der Waals surface area contributed by atoms with Gasteiger partial charge in [0.25, 0.3) is 5.91 Å². The molecule has 0 spiro atoms. The van der Waals surface area contributed by atoms with Crippen molar-refractivity contribution >= 4 is 35.3 Å². The summed E-state index contributed by atoms with van der Waals surface area (Å²) in [5, 5.41) is 2.44. The number of carbonyl (C=O) groups is 3. The van der Waals surface area contributed by atoms with Crippen molar-refractivity contribution in [3.63, 3.8) is 0 Å². The molecule has 0 fully saturated rings. The summed E-state index contributed by atoms with van der Waals surface area (Å²) in [5.41, 5.74) is 4.11. The van der Waals surface area contributed by atoms with Crippen molar-refractivity contribution < 1.29 is 23.5 Å². The summed E-state index contributed by atoms with van der Waals surface area (Å²) in [6.45, 7) is 6.48. The Morgan fingerprint density at radius 2 is 1.91 bits per heavy atom. The number of anilines is 1. The molecule has 122 valence electrons. The number of nitrogens with two attached hydrogens (primary N) is 1. The summed E-state index contributed by atoms with van der Waals surface area (Å²) in [6.07, 6.45) is 0. The number of alkyl halides is 1. The highest BCUT2D eigenvalue weighted by Gasteiger charge is 2.32. The molecule has 1 rings (SSSR count). The molecule has 0 aliphatic rings. The van der Waals surface area contributed by atoms with Crippen LogP contribution in [0.1, 0.15) is 47.2 Å². The van der Waals surface area contributed by atoms with Gasteiger partial charge in [-0.3, -0.25) is 14.9 Å². The monoisotopic (exact) mass is 330 g/mol. The lowest BCUT2D eigenvalue weighted by atomic mass is 9.95. The molecule has 7 nitrogen and oxygen atoms in total. The van der Waals surface area contributed by atoms with Crippen LogP contribution in [0.15, 0.2) is 4.42 Å². The molecule has 0 unspecified atom stereocenters. The summed E-state index contributed by atoms with van der Waals surface area (Å²) in [4.78, 5) is 35.7. The summed E-state index contributed by atoms with van der Waals surface area (Å²) in [5.74, 6) is -2.10. The number of aryl methyl sites for hydroxylation is 1. The van der Waals surface area contributed by atoms with Crippen LogP contribution in [0.2, 0.25) is 0 Å². The number of carbonyl (C=O) groups excluding carboxylic acids is 3. The predicted molar refractivity (Wildman–Crippen MR) is 81.1 cm³/mol. The lowest BCUT2D eigenvalue weighted by Crippen LogP contribution is -2.33. The van der Waals surface area contributed by atoms with E-state index in [1.165, 1.54) is 6.92 Å². The van der Waals surface area contributed by atoms with Crippen molar-refractivity contribution in [2.24, 2.45) is 11.1 Å². The van der Waals surface area contributed by atoms with Crippen molar-refractivity contribution in [3.05, 3.63) is 16.9 Å². The van der Waals surface area contributed by atoms with Gasteiger partial charge in [0.05, 0.1) is 12.0 Å². The number of esters is 1. The van der Waals surface area contributed by atoms with Crippen LogP contribution in [-0.4, -0.2) is 30.3 Å². The number of hydrogen-bond acceptors (Lipinski definition) is 5. The zero-order valence-electron chi connectivity index (χ0n) is 12.9. The quantitative estimate of drug-likeness (QED) is 0.612. The maximum Gasteiger partial charge on any atom is 0.342 e. The molecular weight excluding hydrogens is 312 g/mol. The van der Waals surface area contributed by atoms with Gasteiger partial charge >= 0.3 is 5.97 Å². The first-order chi connectivity index (χ1) is 10.2. The Bertz CT molecular complexity index is 607. The molecule has 0 radical (unpaired) electrons. The van der Waals surface area contributed by atoms with E-state index in [4.69, 9.17) is 26.5 Å². The molecule has 22 heavy (non-hydrogen) atoms. The second-order valence-electron chi connectivity index (χ2n) is 5.29. The Kier molecular flexibility index (Phi) is 5.59. The summed E-state index contributed by atoms with van der Waals surface area (Å²) >= 11 is 5.73. The molecule has 2 amide bonds. The Labute approximate surface area is 133 Å². The number of nitrogens with one attached hydrogen (secondary N) is 1. The third-order valence-electron chi connectivity index (χ3n) is 2.99. The maximum atomic E-state index is 12.1. The minimum atomic E-state index is -0.904. The molecule has 1 heterocycles. The lowest BCUT2D eigenvalue weighted by Gasteiger charge is -2.19. The number of furan rings is 1. The van der Waals surface area contributed by atoms with Crippen molar-refractivity contribution in [1.29, 1.82) is 0 Å². The highest BCUT2D eigenvalue weighted by Crippen LogP contribution is 2.29. The minimum absolute atomic E-state index is 0.0646. The van der Waals surface area contributed by atoms with Gasteiger partial charge in [-0.25, -0.2) is 4.79 Å². The molecule has 0 bridgehead atoms. The van der Waals surface area contributed by atoms with E-state index in [1.807, 2.05) is 0 Å². The predicted octanol–water partition coefficient (Wildman–Crippen LogP) is 2.07. The van der Waals surface area contributed by atoms with Crippen LogP contribution in [0.25, 0.3) is 0 Å². The lowest BCUT2D eigenvalue weighted by molar-refractivity contribution is -0.123. The maximum absolute atomic E-state index is 12.1. The number of halogens is 1. The Morgan fingerprint density at radius 3 is 2.36 bits per heavy atom. The highest BCUT2D eigenvalue weighted by atomic mass is 35.5. The van der Waals surface area contributed by atoms with Crippen LogP contribution in [0.5, 0.6) is 0 Å². The van der Waals surface area contributed by atoms with E-state index in [0.29, 0.717) is 0 Å². The fourth-order valence-electron chi connectivity index (χ4n) is 1.65. The van der Waals surface area contributed by atoms with E-state index in [1.54, 1.807) is 20.8 Å². The van der Waals surface area contributed by atoms with Gasteiger partial charge in [0.15, 0.2) is 0 Å². The van der Waals surface area contributed by atoms with E-state index >= 15 is 0 Å². The SMILES string of the molecule is CCOC(=O)c1c(C)oc(NC(=O)C(C)(C)CCl)c1C(N)=O. The minimum Gasteiger partial charge on any atom is -0.462 e. The number of hydrogen-bond donors (Lipinski definition) is 2. The van der Waals surface area contributed by atoms with Crippen LogP contribution in [-0.2, 0) is 9.53 Å². The largest absolute Gasteiger partial charge is 0.462 e. The zero-order chi connectivity index (χ0) is 17.1. The topological polar surface area (TPSA) is 112 Å². The number of primary amides is 1. The van der Waals surface area contributed by atoms with Gasteiger partial charge in [0, 0.05) is 5.88 Å². The van der Waals surface area contributed by atoms with Gasteiger partial charge < -0.3 is 14.9 Å². The molecule has 0 saturated heterocycles. The fourth-order valence-corrected chi connectivity index (χ4v) is 1.77. The standard InChI is InChI=1S/C14H19ClN2O5/c1-5-21-12(19)8-7(2)22-11(9(8)10(16)18)17-13(20)14(3,4)6-15/h5-6H2,1-4H3,(H2,16,18)(H,17,20). The van der Waals surface area contributed by atoms with Crippen LogP contribution in [0.3, 0.4) is 0 Å². The molecule has 3 N–H and O–H groups in total. The van der Waals surface area contributed by atoms with E-state index in [0.717, 1.165) is 0 Å². The number of rotatable bonds is 6. The average molecular weight is 331 g/mol. The number of amides is 2. The Hall–Kier alpha value is -2.02. The van der Waals surface area contributed by atoms with Gasteiger partial charge in [0.1, 0.15) is 16.9 Å². The average Bonchev–Trinajstić information content (AvgIpc) is 2.75. The first kappa shape index (κ1) is 18.0. The molecule has 1 aromatic rings. The summed E-state index contributed by atoms with van der Waals surface area (Å²) in [6, 6.07) is 0. The van der Waals surface area contributed by atoms with Crippen LogP contribution in [0.4, 0.5) is 5.88 Å². The Morgan fingerprint density at radius 1 is 1.32 bits per heavy atom. The second kappa shape index (κ2) is 6.83. The van der Waals surface area contributed by atoms with Gasteiger partial charge in [-0.2, -0.15) is 0 Å². The van der Waals surface area contributed by atoms with Gasteiger partial charge in [-0.15, -0.1) is 11.6 Å². The third kappa shape index (κ3) is 3.59. The second-order valence-corrected chi connectivity index (χ2v) is 5.56. The van der Waals surface area contributed by atoms with Gasteiger partial charge in [-0.1, -0.05) is 0 Å². The highest BCUT2D eigenvalue weighted by molar-refractivity contribution is 6.20. The van der Waals surface area contributed by atoms with Crippen molar-refractivity contribution in [1.82, 2.24) is 0 Å².